The Bertz CT molecular complexity index is 1320. The highest BCUT2D eigenvalue weighted by Gasteiger charge is 2.44. The molecule has 12 nitrogen and oxygen atoms in total. The van der Waals surface area contributed by atoms with Gasteiger partial charge < -0.3 is 14.8 Å². The van der Waals surface area contributed by atoms with Gasteiger partial charge in [-0.25, -0.2) is 14.5 Å². The predicted molar refractivity (Wildman–Crippen MR) is 157 cm³/mol. The lowest BCUT2D eigenvalue weighted by atomic mass is 9.74. The monoisotopic (exact) mass is 586 g/mol. The van der Waals surface area contributed by atoms with Gasteiger partial charge >= 0.3 is 12.1 Å². The number of allylic oxidation sites excluding steroid dienone is 1. The van der Waals surface area contributed by atoms with Crippen molar-refractivity contribution in [2.45, 2.75) is 92.4 Å². The molecule has 1 aliphatic rings. The summed E-state index contributed by atoms with van der Waals surface area (Å²) in [5.41, 5.74) is -1.08. The molecule has 1 heterocycles. The minimum atomic E-state index is -1.15. The molecule has 1 aromatic carbocycles. The standard InChI is InChI=1S/C30H42N4O8/c1-16(2)24(27(37)41-29(5,6)7)32-25(35)21-17(3)31-18(4)22(26(36)33(11)28(38)42-30(8,9)10)23(21)19-13-12-14-20(15-19)34(39)40/h12-16,21,23-24H,1-11H3,(H,32,35)/t21?,23?,24-/m0/s1. The van der Waals surface area contributed by atoms with E-state index >= 15 is 0 Å². The summed E-state index contributed by atoms with van der Waals surface area (Å²) >= 11 is 0. The van der Waals surface area contributed by atoms with Gasteiger partial charge in [0.2, 0.25) is 5.91 Å². The number of likely N-dealkylation sites (N-methyl/N-ethyl adjacent to an activating group) is 1. The Hall–Kier alpha value is -4.09. The van der Waals surface area contributed by atoms with E-state index in [1.165, 1.54) is 25.2 Å². The molecular formula is C30H42N4O8. The van der Waals surface area contributed by atoms with Crippen molar-refractivity contribution in [3.63, 3.8) is 0 Å². The van der Waals surface area contributed by atoms with Gasteiger partial charge in [0, 0.05) is 42.1 Å². The summed E-state index contributed by atoms with van der Waals surface area (Å²) in [4.78, 5) is 70.0. The van der Waals surface area contributed by atoms with Crippen molar-refractivity contribution in [3.8, 4) is 0 Å². The van der Waals surface area contributed by atoms with Gasteiger partial charge in [0.25, 0.3) is 11.6 Å². The molecule has 0 radical (unpaired) electrons. The second-order valence-corrected chi connectivity index (χ2v) is 12.7. The van der Waals surface area contributed by atoms with Crippen molar-refractivity contribution in [1.82, 2.24) is 10.2 Å². The van der Waals surface area contributed by atoms with E-state index in [9.17, 15) is 29.3 Å². The first kappa shape index (κ1) is 34.1. The third-order valence-corrected chi connectivity index (χ3v) is 6.38. The summed E-state index contributed by atoms with van der Waals surface area (Å²) < 4.78 is 10.9. The fourth-order valence-electron chi connectivity index (χ4n) is 4.55. The van der Waals surface area contributed by atoms with E-state index in [0.29, 0.717) is 5.71 Å². The summed E-state index contributed by atoms with van der Waals surface area (Å²) in [7, 11) is 1.25. The summed E-state index contributed by atoms with van der Waals surface area (Å²) in [6.45, 7) is 16.8. The van der Waals surface area contributed by atoms with E-state index in [0.717, 1.165) is 4.90 Å². The van der Waals surface area contributed by atoms with Crippen LogP contribution in [-0.4, -0.2) is 63.7 Å². The number of rotatable bonds is 7. The number of hydrogen-bond acceptors (Lipinski definition) is 9. The number of imide groups is 1. The number of carbonyl (C=O) groups is 4. The van der Waals surface area contributed by atoms with Crippen LogP contribution >= 0.6 is 0 Å². The van der Waals surface area contributed by atoms with Crippen LogP contribution in [0, 0.1) is 22.0 Å². The van der Waals surface area contributed by atoms with Crippen LogP contribution in [-0.2, 0) is 23.9 Å². The van der Waals surface area contributed by atoms with Gasteiger partial charge in [-0.05, 0) is 66.9 Å². The molecule has 2 unspecified atom stereocenters. The Kier molecular flexibility index (Phi) is 10.4. The van der Waals surface area contributed by atoms with Crippen LogP contribution in [0.25, 0.3) is 0 Å². The summed E-state index contributed by atoms with van der Waals surface area (Å²) in [6.07, 6.45) is -0.914. The average molecular weight is 587 g/mol. The zero-order valence-electron chi connectivity index (χ0n) is 26.2. The van der Waals surface area contributed by atoms with Crippen LogP contribution < -0.4 is 5.32 Å². The smallest absolute Gasteiger partial charge is 0.417 e. The zero-order valence-corrected chi connectivity index (χ0v) is 26.2. The van der Waals surface area contributed by atoms with E-state index in [4.69, 9.17) is 9.47 Å². The first-order valence-electron chi connectivity index (χ1n) is 13.7. The third-order valence-electron chi connectivity index (χ3n) is 6.38. The molecule has 0 spiro atoms. The lowest BCUT2D eigenvalue weighted by Gasteiger charge is -2.35. The Morgan fingerprint density at radius 3 is 2.10 bits per heavy atom. The summed E-state index contributed by atoms with van der Waals surface area (Å²) in [5.74, 6) is -4.61. The zero-order chi connectivity index (χ0) is 32.3. The number of nitro benzene ring substituents is 1. The van der Waals surface area contributed by atoms with E-state index in [-0.39, 0.29) is 28.4 Å². The molecule has 1 N–H and O–H groups in total. The molecule has 2 rings (SSSR count). The fraction of sp³-hybridized carbons (Fsp3) is 0.567. The number of nitrogens with zero attached hydrogens (tertiary/aromatic N) is 3. The minimum absolute atomic E-state index is 0.00651. The number of amides is 3. The number of carbonyl (C=O) groups excluding carboxylic acids is 4. The second kappa shape index (κ2) is 12.8. The van der Waals surface area contributed by atoms with Crippen molar-refractivity contribution >= 4 is 35.3 Å². The SMILES string of the molecule is CC1=NC(C)=C(C(=O)N(C)C(=O)OC(C)(C)C)C(c2cccc([N+](=O)[O-])c2)C1C(=O)N[C@H](C(=O)OC(C)(C)C)C(C)C. The predicted octanol–water partition coefficient (Wildman–Crippen LogP) is 4.92. The average Bonchev–Trinajstić information content (AvgIpc) is 2.83. The van der Waals surface area contributed by atoms with Crippen molar-refractivity contribution < 1.29 is 33.6 Å². The van der Waals surface area contributed by atoms with Crippen molar-refractivity contribution in [1.29, 1.82) is 0 Å². The first-order valence-corrected chi connectivity index (χ1v) is 13.7. The van der Waals surface area contributed by atoms with Crippen LogP contribution in [0.15, 0.2) is 40.5 Å². The molecule has 3 amide bonds. The van der Waals surface area contributed by atoms with Gasteiger partial charge in [-0.1, -0.05) is 26.0 Å². The summed E-state index contributed by atoms with van der Waals surface area (Å²) in [6, 6.07) is 4.58. The number of non-ortho nitro benzene ring substituents is 1. The molecule has 0 saturated carbocycles. The van der Waals surface area contributed by atoms with Crippen molar-refractivity contribution in [2.24, 2.45) is 16.8 Å². The van der Waals surface area contributed by atoms with Gasteiger partial charge in [0.15, 0.2) is 0 Å². The maximum absolute atomic E-state index is 14.0. The van der Waals surface area contributed by atoms with Crippen LogP contribution in [0.3, 0.4) is 0 Å². The summed E-state index contributed by atoms with van der Waals surface area (Å²) in [5, 5.41) is 14.4. The van der Waals surface area contributed by atoms with Gasteiger partial charge in [0.05, 0.1) is 10.8 Å². The molecule has 42 heavy (non-hydrogen) atoms. The molecule has 0 bridgehead atoms. The molecule has 1 aliphatic heterocycles. The van der Waals surface area contributed by atoms with Gasteiger partial charge in [-0.3, -0.25) is 24.7 Å². The largest absolute Gasteiger partial charge is 0.458 e. The van der Waals surface area contributed by atoms with E-state index in [1.54, 1.807) is 75.3 Å². The molecule has 0 fully saturated rings. The Morgan fingerprint density at radius 2 is 1.60 bits per heavy atom. The number of hydrogen-bond donors (Lipinski definition) is 1. The number of aliphatic imine (C=N–C) groups is 1. The fourth-order valence-corrected chi connectivity index (χ4v) is 4.55. The highest BCUT2D eigenvalue weighted by atomic mass is 16.6. The quantitative estimate of drug-likeness (QED) is 0.268. The van der Waals surface area contributed by atoms with Crippen LogP contribution in [0.1, 0.15) is 80.7 Å². The van der Waals surface area contributed by atoms with Gasteiger partial charge in [-0.2, -0.15) is 0 Å². The van der Waals surface area contributed by atoms with Gasteiger partial charge in [-0.15, -0.1) is 0 Å². The molecule has 3 atom stereocenters. The number of nitro groups is 1. The van der Waals surface area contributed by atoms with Crippen molar-refractivity contribution in [3.05, 3.63) is 51.2 Å². The Morgan fingerprint density at radius 1 is 1.02 bits per heavy atom. The van der Waals surface area contributed by atoms with Crippen LogP contribution in [0.2, 0.25) is 0 Å². The lowest BCUT2D eigenvalue weighted by Crippen LogP contribution is -2.52. The minimum Gasteiger partial charge on any atom is -0.458 e. The number of ether oxygens (including phenoxy) is 2. The molecule has 230 valence electrons. The second-order valence-electron chi connectivity index (χ2n) is 12.7. The van der Waals surface area contributed by atoms with E-state index in [2.05, 4.69) is 10.3 Å². The van der Waals surface area contributed by atoms with Crippen molar-refractivity contribution in [2.75, 3.05) is 7.05 Å². The number of benzene rings is 1. The van der Waals surface area contributed by atoms with Crippen LogP contribution in [0.4, 0.5) is 10.5 Å². The number of nitrogens with one attached hydrogen (secondary N) is 1. The molecule has 12 heteroatoms. The maximum Gasteiger partial charge on any atom is 0.417 e. The molecule has 0 aromatic heterocycles. The highest BCUT2D eigenvalue weighted by Crippen LogP contribution is 2.41. The molecular weight excluding hydrogens is 544 g/mol. The van der Waals surface area contributed by atoms with Gasteiger partial charge in [0.1, 0.15) is 17.2 Å². The Labute approximate surface area is 246 Å². The first-order chi connectivity index (χ1) is 19.1. The van der Waals surface area contributed by atoms with E-state index < -0.39 is 57.9 Å². The Balaban J connectivity index is 2.68. The topological polar surface area (TPSA) is 158 Å². The highest BCUT2D eigenvalue weighted by molar-refractivity contribution is 6.11. The normalized spacial score (nSPS) is 18.1. The van der Waals surface area contributed by atoms with E-state index in [1.807, 2.05) is 0 Å². The lowest BCUT2D eigenvalue weighted by molar-refractivity contribution is -0.384. The maximum atomic E-state index is 14.0. The third kappa shape index (κ3) is 8.46. The van der Waals surface area contributed by atoms with Crippen LogP contribution in [0.5, 0.6) is 0 Å². The molecule has 0 saturated heterocycles. The molecule has 0 aliphatic carbocycles. The number of esters is 1. The molecule has 1 aromatic rings.